The fourth-order valence-corrected chi connectivity index (χ4v) is 5.08. The Morgan fingerprint density at radius 2 is 1.05 bits per heavy atom. The Bertz CT molecular complexity index is 525. The Hall–Kier alpha value is -0.512. The molecule has 0 saturated heterocycles. The summed E-state index contributed by atoms with van der Waals surface area (Å²) in [5, 5.41) is 1.25. The van der Waals surface area contributed by atoms with Crippen molar-refractivity contribution in [3.8, 4) is 17.2 Å². The van der Waals surface area contributed by atoms with Crippen LogP contribution in [0.25, 0.3) is 0 Å². The summed E-state index contributed by atoms with van der Waals surface area (Å²) in [5.41, 5.74) is 0. The molecule has 1 rings (SSSR count). The first kappa shape index (κ1) is 19.5. The molecule has 0 aliphatic carbocycles. The van der Waals surface area contributed by atoms with E-state index in [2.05, 4.69) is 71.1 Å². The smallest absolute Gasteiger partial charge is 0.242 e. The van der Waals surface area contributed by atoms with Gasteiger partial charge in [-0.15, -0.1) is 0 Å². The molecule has 3 nitrogen and oxygen atoms in total. The van der Waals surface area contributed by atoms with Crippen LogP contribution in [0.1, 0.15) is 0 Å². The summed E-state index contributed by atoms with van der Waals surface area (Å²) >= 11 is 0. The zero-order chi connectivity index (χ0) is 17.3. The molecule has 0 unspecified atom stereocenters. The maximum atomic E-state index is 6.39. The molecular weight excluding hydrogens is 341 g/mol. The third-order valence-corrected chi connectivity index (χ3v) is 5.76. The Morgan fingerprint density at radius 1 is 0.636 bits per heavy atom. The molecule has 1 aromatic rings. The van der Waals surface area contributed by atoms with Crippen LogP contribution in [0, 0.1) is 0 Å². The molecule has 7 heteroatoms. The van der Waals surface area contributed by atoms with E-state index in [1.165, 1.54) is 5.19 Å². The SMILES string of the molecule is C[Si](C)(C)Oc1ccc([SiH3])c(O[Si](C)(C)C)c1O[Si](C)(C)C. The first-order valence-corrected chi connectivity index (χ1v) is 19.1. The van der Waals surface area contributed by atoms with Crippen molar-refractivity contribution in [3.05, 3.63) is 12.1 Å². The molecule has 0 amide bonds. The van der Waals surface area contributed by atoms with Gasteiger partial charge in [0.25, 0.3) is 0 Å². The fraction of sp³-hybridized carbons (Fsp3) is 0.600. The number of rotatable bonds is 6. The third-order valence-electron chi connectivity index (χ3n) is 2.51. The van der Waals surface area contributed by atoms with E-state index >= 15 is 0 Å². The maximum Gasteiger partial charge on any atom is 0.242 e. The van der Waals surface area contributed by atoms with Crippen LogP contribution in [0.5, 0.6) is 17.2 Å². The molecule has 0 bridgehead atoms. The van der Waals surface area contributed by atoms with Gasteiger partial charge >= 0.3 is 0 Å². The lowest BCUT2D eigenvalue weighted by atomic mass is 10.3. The standard InChI is InChI=1S/C15H32O3Si4/c1-20(2,3)16-12-10-11-13(19)15(18-22(7,8)9)14(12)17-21(4,5)6/h10-11H,1-9,19H3. The van der Waals surface area contributed by atoms with Gasteiger partial charge in [-0.25, -0.2) is 0 Å². The molecule has 0 N–H and O–H groups in total. The van der Waals surface area contributed by atoms with Crippen LogP contribution >= 0.6 is 0 Å². The van der Waals surface area contributed by atoms with Gasteiger partial charge in [0.2, 0.25) is 25.0 Å². The predicted octanol–water partition coefficient (Wildman–Crippen LogP) is 3.32. The second-order valence-corrected chi connectivity index (χ2v) is 23.0. The Balaban J connectivity index is 3.42. The molecular formula is C15H32O3Si4. The molecule has 0 aliphatic rings. The van der Waals surface area contributed by atoms with Crippen LogP contribution in [0.4, 0.5) is 0 Å². The maximum absolute atomic E-state index is 6.39. The van der Waals surface area contributed by atoms with Gasteiger partial charge in [-0.05, 0) is 70.2 Å². The van der Waals surface area contributed by atoms with Crippen molar-refractivity contribution in [3.63, 3.8) is 0 Å². The van der Waals surface area contributed by atoms with E-state index in [4.69, 9.17) is 13.3 Å². The molecule has 0 heterocycles. The van der Waals surface area contributed by atoms with Gasteiger partial charge in [-0.2, -0.15) is 0 Å². The average molecular weight is 373 g/mol. The summed E-state index contributed by atoms with van der Waals surface area (Å²) in [6, 6.07) is 4.20. The summed E-state index contributed by atoms with van der Waals surface area (Å²) in [7, 11) is -4.22. The highest BCUT2D eigenvalue weighted by Crippen LogP contribution is 2.39. The van der Waals surface area contributed by atoms with Crippen LogP contribution in [-0.4, -0.2) is 35.2 Å². The van der Waals surface area contributed by atoms with Crippen molar-refractivity contribution in [1.29, 1.82) is 0 Å². The van der Waals surface area contributed by atoms with Crippen LogP contribution < -0.4 is 18.5 Å². The number of hydrogen-bond donors (Lipinski definition) is 0. The van der Waals surface area contributed by atoms with Crippen molar-refractivity contribution >= 4 is 40.4 Å². The van der Waals surface area contributed by atoms with Crippen LogP contribution in [-0.2, 0) is 0 Å². The summed E-state index contributed by atoms with van der Waals surface area (Å²) in [5.74, 6) is 2.63. The van der Waals surface area contributed by atoms with Crippen molar-refractivity contribution in [1.82, 2.24) is 0 Å². The number of hydrogen-bond acceptors (Lipinski definition) is 3. The van der Waals surface area contributed by atoms with Crippen LogP contribution in [0.15, 0.2) is 12.1 Å². The zero-order valence-electron chi connectivity index (χ0n) is 15.9. The summed E-state index contributed by atoms with van der Waals surface area (Å²) in [6.45, 7) is 19.8. The minimum absolute atomic E-state index is 0.844. The monoisotopic (exact) mass is 372 g/mol. The summed E-state index contributed by atoms with van der Waals surface area (Å²) in [4.78, 5) is 0. The minimum Gasteiger partial charge on any atom is -0.542 e. The predicted molar refractivity (Wildman–Crippen MR) is 108 cm³/mol. The molecule has 0 radical (unpaired) electrons. The van der Waals surface area contributed by atoms with Crippen molar-refractivity contribution in [2.45, 2.75) is 58.9 Å². The first-order valence-electron chi connectivity index (χ1n) is 7.89. The average Bonchev–Trinajstić information content (AvgIpc) is 2.22. The largest absolute Gasteiger partial charge is 0.542 e. The summed E-state index contributed by atoms with van der Waals surface area (Å²) < 4.78 is 19.0. The van der Waals surface area contributed by atoms with Crippen molar-refractivity contribution in [2.24, 2.45) is 0 Å². The van der Waals surface area contributed by atoms with Gasteiger partial charge in [0.15, 0.2) is 5.75 Å². The second-order valence-electron chi connectivity index (χ2n) is 8.68. The van der Waals surface area contributed by atoms with E-state index in [0.29, 0.717) is 0 Å². The van der Waals surface area contributed by atoms with Crippen molar-refractivity contribution in [2.75, 3.05) is 0 Å². The van der Waals surface area contributed by atoms with Crippen molar-refractivity contribution < 1.29 is 13.3 Å². The summed E-state index contributed by atoms with van der Waals surface area (Å²) in [6.07, 6.45) is 0. The van der Waals surface area contributed by atoms with Gasteiger partial charge in [-0.1, -0.05) is 6.07 Å². The van der Waals surface area contributed by atoms with Gasteiger partial charge in [0.05, 0.1) is 0 Å². The molecule has 0 saturated carbocycles. The Kier molecular flexibility index (Phi) is 5.81. The first-order chi connectivity index (χ1) is 9.68. The lowest BCUT2D eigenvalue weighted by Gasteiger charge is -2.30. The van der Waals surface area contributed by atoms with Crippen LogP contribution in [0.3, 0.4) is 0 Å². The lowest BCUT2D eigenvalue weighted by molar-refractivity contribution is 0.456. The topological polar surface area (TPSA) is 27.7 Å². The minimum atomic E-state index is -1.75. The molecule has 0 aliphatic heterocycles. The van der Waals surface area contributed by atoms with Gasteiger partial charge in [-0.3, -0.25) is 0 Å². The molecule has 0 spiro atoms. The van der Waals surface area contributed by atoms with E-state index in [0.717, 1.165) is 27.5 Å². The van der Waals surface area contributed by atoms with E-state index in [1.807, 2.05) is 0 Å². The normalized spacial score (nSPS) is 13.1. The molecule has 126 valence electrons. The zero-order valence-corrected chi connectivity index (χ0v) is 20.9. The molecule has 0 fully saturated rings. The van der Waals surface area contributed by atoms with Gasteiger partial charge in [0.1, 0.15) is 11.5 Å². The molecule has 0 aromatic heterocycles. The van der Waals surface area contributed by atoms with Gasteiger partial charge in [0, 0.05) is 10.2 Å². The lowest BCUT2D eigenvalue weighted by Crippen LogP contribution is -2.36. The molecule has 0 atom stereocenters. The quantitative estimate of drug-likeness (QED) is 0.717. The molecule has 1 aromatic carbocycles. The van der Waals surface area contributed by atoms with Gasteiger partial charge < -0.3 is 13.3 Å². The van der Waals surface area contributed by atoms with Crippen LogP contribution in [0.2, 0.25) is 58.9 Å². The highest BCUT2D eigenvalue weighted by molar-refractivity contribution is 6.72. The highest BCUT2D eigenvalue weighted by Gasteiger charge is 2.28. The Morgan fingerprint density at radius 3 is 1.45 bits per heavy atom. The number of benzene rings is 1. The van der Waals surface area contributed by atoms with E-state index < -0.39 is 25.0 Å². The van der Waals surface area contributed by atoms with E-state index in [-0.39, 0.29) is 0 Å². The molecule has 22 heavy (non-hydrogen) atoms. The van der Waals surface area contributed by atoms with E-state index in [1.54, 1.807) is 0 Å². The second kappa shape index (κ2) is 6.54. The third kappa shape index (κ3) is 6.72. The fourth-order valence-electron chi connectivity index (χ4n) is 1.89. The highest BCUT2D eigenvalue weighted by atomic mass is 28.4. The Labute approximate surface area is 142 Å². The van der Waals surface area contributed by atoms with E-state index in [9.17, 15) is 0 Å².